The van der Waals surface area contributed by atoms with Crippen molar-refractivity contribution >= 4 is 11.8 Å². The smallest absolute Gasteiger partial charge is 0.356 e. The molecular weight excluding hydrogens is 321 g/mol. The molecule has 1 rings (SSSR count). The summed E-state index contributed by atoms with van der Waals surface area (Å²) in [6, 6.07) is 4.43. The van der Waals surface area contributed by atoms with Crippen molar-refractivity contribution in [3.8, 4) is 0 Å². The lowest BCUT2D eigenvalue weighted by atomic mass is 10.1. The first-order valence-corrected chi connectivity index (χ1v) is 7.91. The summed E-state index contributed by atoms with van der Waals surface area (Å²) in [5, 5.41) is 5.46. The highest BCUT2D eigenvalue weighted by Crippen LogP contribution is 2.29. The van der Waals surface area contributed by atoms with E-state index in [-0.39, 0.29) is 17.9 Å². The summed E-state index contributed by atoms with van der Waals surface area (Å²) in [4.78, 5) is 22.5. The number of unbranched alkanes of at least 4 members (excludes halogenated alkanes) is 2. The van der Waals surface area contributed by atoms with Gasteiger partial charge in [-0.1, -0.05) is 18.6 Å². The Hall–Kier alpha value is -2.05. The van der Waals surface area contributed by atoms with E-state index in [1.807, 2.05) is 0 Å². The van der Waals surface area contributed by atoms with Gasteiger partial charge in [0.2, 0.25) is 11.8 Å². The van der Waals surface area contributed by atoms with Crippen LogP contribution in [0.1, 0.15) is 56.7 Å². The zero-order valence-electron chi connectivity index (χ0n) is 13.9. The zero-order chi connectivity index (χ0) is 18.2. The normalized spacial score (nSPS) is 12.5. The van der Waals surface area contributed by atoms with Crippen LogP contribution in [0, 0.1) is 0 Å². The Labute approximate surface area is 139 Å². The van der Waals surface area contributed by atoms with Crippen molar-refractivity contribution in [2.45, 2.75) is 51.7 Å². The summed E-state index contributed by atoms with van der Waals surface area (Å²) in [5.41, 5.74) is -0.0778. The second-order valence-electron chi connectivity index (χ2n) is 5.70. The van der Waals surface area contributed by atoms with Gasteiger partial charge in [0, 0.05) is 19.9 Å². The SMILES string of the molecule is CC(=O)NCCCCCC(=O)NC(C)c1ccc(C(F)(F)F)cc1. The van der Waals surface area contributed by atoms with Crippen molar-refractivity contribution in [3.63, 3.8) is 0 Å². The van der Waals surface area contributed by atoms with Crippen LogP contribution in [0.3, 0.4) is 0 Å². The van der Waals surface area contributed by atoms with Gasteiger partial charge in [0.1, 0.15) is 0 Å². The van der Waals surface area contributed by atoms with Gasteiger partial charge >= 0.3 is 6.18 Å². The van der Waals surface area contributed by atoms with E-state index in [0.29, 0.717) is 24.9 Å². The Morgan fingerprint density at radius 3 is 2.25 bits per heavy atom. The molecular formula is C17H23F3N2O2. The van der Waals surface area contributed by atoms with Crippen LogP contribution in [0.15, 0.2) is 24.3 Å². The predicted molar refractivity (Wildman–Crippen MR) is 85.2 cm³/mol. The molecule has 0 aliphatic carbocycles. The molecule has 1 atom stereocenters. The molecule has 7 heteroatoms. The number of carbonyl (C=O) groups excluding carboxylic acids is 2. The lowest BCUT2D eigenvalue weighted by Gasteiger charge is -2.15. The van der Waals surface area contributed by atoms with Crippen LogP contribution in [0.5, 0.6) is 0 Å². The fraction of sp³-hybridized carbons (Fsp3) is 0.529. The van der Waals surface area contributed by atoms with Crippen LogP contribution in [-0.2, 0) is 15.8 Å². The van der Waals surface area contributed by atoms with Gasteiger partial charge in [-0.2, -0.15) is 13.2 Å². The van der Waals surface area contributed by atoms with Crippen molar-refractivity contribution in [2.24, 2.45) is 0 Å². The number of nitrogens with one attached hydrogen (secondary N) is 2. The minimum atomic E-state index is -4.36. The first kappa shape index (κ1) is 20.0. The Kier molecular flexibility index (Phi) is 7.74. The fourth-order valence-corrected chi connectivity index (χ4v) is 2.21. The number of hydrogen-bond acceptors (Lipinski definition) is 2. The van der Waals surface area contributed by atoms with Crippen LogP contribution >= 0.6 is 0 Å². The third kappa shape index (κ3) is 7.48. The Morgan fingerprint density at radius 2 is 1.71 bits per heavy atom. The highest BCUT2D eigenvalue weighted by atomic mass is 19.4. The molecule has 0 aromatic heterocycles. The predicted octanol–water partition coefficient (Wildman–Crippen LogP) is 3.58. The quantitative estimate of drug-likeness (QED) is 0.708. The summed E-state index contributed by atoms with van der Waals surface area (Å²) >= 11 is 0. The first-order valence-electron chi connectivity index (χ1n) is 7.91. The maximum Gasteiger partial charge on any atom is 0.416 e. The van der Waals surface area contributed by atoms with Gasteiger partial charge < -0.3 is 10.6 Å². The molecule has 134 valence electrons. The zero-order valence-corrected chi connectivity index (χ0v) is 13.9. The highest BCUT2D eigenvalue weighted by Gasteiger charge is 2.30. The fourth-order valence-electron chi connectivity index (χ4n) is 2.21. The Bertz CT molecular complexity index is 542. The maximum absolute atomic E-state index is 12.5. The standard InChI is InChI=1S/C17H23F3N2O2/c1-12(14-7-9-15(10-8-14)17(18,19)20)22-16(24)6-4-3-5-11-21-13(2)23/h7-10,12H,3-6,11H2,1-2H3,(H,21,23)(H,22,24). The highest BCUT2D eigenvalue weighted by molar-refractivity contribution is 5.76. The molecule has 4 nitrogen and oxygen atoms in total. The van der Waals surface area contributed by atoms with Crippen LogP contribution < -0.4 is 10.6 Å². The molecule has 0 aliphatic rings. The van der Waals surface area contributed by atoms with Gasteiger partial charge in [0.25, 0.3) is 0 Å². The largest absolute Gasteiger partial charge is 0.416 e. The number of benzene rings is 1. The molecule has 2 amide bonds. The summed E-state index contributed by atoms with van der Waals surface area (Å²) in [7, 11) is 0. The molecule has 0 heterocycles. The van der Waals surface area contributed by atoms with Gasteiger partial charge in [-0.3, -0.25) is 9.59 Å². The van der Waals surface area contributed by atoms with Gasteiger partial charge in [-0.25, -0.2) is 0 Å². The molecule has 1 aromatic carbocycles. The van der Waals surface area contributed by atoms with Gasteiger partial charge in [0.15, 0.2) is 0 Å². The van der Waals surface area contributed by atoms with Crippen LogP contribution in [0.2, 0.25) is 0 Å². The second kappa shape index (κ2) is 9.30. The second-order valence-corrected chi connectivity index (χ2v) is 5.70. The van der Waals surface area contributed by atoms with E-state index in [4.69, 9.17) is 0 Å². The van der Waals surface area contributed by atoms with E-state index in [9.17, 15) is 22.8 Å². The van der Waals surface area contributed by atoms with Gasteiger partial charge in [-0.05, 0) is 37.5 Å². The van der Waals surface area contributed by atoms with Crippen molar-refractivity contribution in [1.82, 2.24) is 10.6 Å². The van der Waals surface area contributed by atoms with Crippen molar-refractivity contribution in [3.05, 3.63) is 35.4 Å². The third-order valence-electron chi connectivity index (χ3n) is 3.57. The van der Waals surface area contributed by atoms with Gasteiger partial charge in [0.05, 0.1) is 11.6 Å². The number of amides is 2. The van der Waals surface area contributed by atoms with Crippen molar-refractivity contribution in [1.29, 1.82) is 0 Å². The van der Waals surface area contributed by atoms with E-state index >= 15 is 0 Å². The Morgan fingerprint density at radius 1 is 1.08 bits per heavy atom. The lowest BCUT2D eigenvalue weighted by Crippen LogP contribution is -2.26. The summed E-state index contributed by atoms with van der Waals surface area (Å²) < 4.78 is 37.5. The molecule has 0 bridgehead atoms. The lowest BCUT2D eigenvalue weighted by molar-refractivity contribution is -0.137. The van der Waals surface area contributed by atoms with E-state index < -0.39 is 11.7 Å². The number of alkyl halides is 3. The summed E-state index contributed by atoms with van der Waals surface area (Å²) in [6.07, 6.45) is -1.68. The number of rotatable bonds is 8. The van der Waals surface area contributed by atoms with Crippen molar-refractivity contribution < 1.29 is 22.8 Å². The average molecular weight is 344 g/mol. The molecule has 1 aromatic rings. The van der Waals surface area contributed by atoms with E-state index in [1.165, 1.54) is 19.1 Å². The molecule has 2 N–H and O–H groups in total. The molecule has 0 spiro atoms. The van der Waals surface area contributed by atoms with E-state index in [1.54, 1.807) is 6.92 Å². The molecule has 0 saturated carbocycles. The van der Waals surface area contributed by atoms with E-state index in [2.05, 4.69) is 10.6 Å². The molecule has 0 aliphatic heterocycles. The third-order valence-corrected chi connectivity index (χ3v) is 3.57. The number of hydrogen-bond donors (Lipinski definition) is 2. The number of halogens is 3. The molecule has 24 heavy (non-hydrogen) atoms. The minimum Gasteiger partial charge on any atom is -0.356 e. The molecule has 0 fully saturated rings. The summed E-state index contributed by atoms with van der Waals surface area (Å²) in [5.74, 6) is -0.208. The van der Waals surface area contributed by atoms with E-state index in [0.717, 1.165) is 25.0 Å². The molecule has 0 saturated heterocycles. The number of carbonyl (C=O) groups is 2. The monoisotopic (exact) mass is 344 g/mol. The first-order chi connectivity index (χ1) is 11.2. The maximum atomic E-state index is 12.5. The molecule has 0 radical (unpaired) electrons. The summed E-state index contributed by atoms with van der Waals surface area (Å²) in [6.45, 7) is 3.78. The minimum absolute atomic E-state index is 0.0712. The van der Waals surface area contributed by atoms with Crippen LogP contribution in [0.4, 0.5) is 13.2 Å². The van der Waals surface area contributed by atoms with Crippen molar-refractivity contribution in [2.75, 3.05) is 6.54 Å². The Balaban J connectivity index is 2.32. The van der Waals surface area contributed by atoms with Crippen LogP contribution in [-0.4, -0.2) is 18.4 Å². The average Bonchev–Trinajstić information content (AvgIpc) is 2.49. The topological polar surface area (TPSA) is 58.2 Å². The van der Waals surface area contributed by atoms with Crippen LogP contribution in [0.25, 0.3) is 0 Å². The molecule has 1 unspecified atom stereocenters. The van der Waals surface area contributed by atoms with Gasteiger partial charge in [-0.15, -0.1) is 0 Å².